The summed E-state index contributed by atoms with van der Waals surface area (Å²) in [6.45, 7) is 2.93. The highest BCUT2D eigenvalue weighted by Crippen LogP contribution is 2.16. The van der Waals surface area contributed by atoms with E-state index in [1.807, 2.05) is 37.4 Å². The number of aromatic nitrogens is 3. The second-order valence-corrected chi connectivity index (χ2v) is 4.83. The molecule has 0 saturated carbocycles. The van der Waals surface area contributed by atoms with E-state index in [4.69, 9.17) is 0 Å². The van der Waals surface area contributed by atoms with E-state index < -0.39 is 0 Å². The van der Waals surface area contributed by atoms with Crippen molar-refractivity contribution in [1.29, 1.82) is 0 Å². The Labute approximate surface area is 114 Å². The molecule has 1 N–H and O–H groups in total. The zero-order chi connectivity index (χ0) is 13.8. The Balaban J connectivity index is 2.05. The van der Waals surface area contributed by atoms with Crippen LogP contribution in [0.5, 0.6) is 0 Å². The molecule has 5 heteroatoms. The first-order chi connectivity index (χ1) is 9.10. The maximum absolute atomic E-state index is 4.49. The van der Waals surface area contributed by atoms with E-state index in [0.717, 1.165) is 17.9 Å². The molecule has 1 unspecified atom stereocenters. The van der Waals surface area contributed by atoms with Gasteiger partial charge in [-0.25, -0.2) is 0 Å². The molecule has 5 nitrogen and oxygen atoms in total. The number of anilines is 1. The van der Waals surface area contributed by atoms with Gasteiger partial charge in [0.1, 0.15) is 0 Å². The van der Waals surface area contributed by atoms with Crippen molar-refractivity contribution in [2.45, 2.75) is 19.5 Å². The van der Waals surface area contributed by atoms with Crippen molar-refractivity contribution >= 4 is 5.69 Å². The molecule has 2 aromatic heterocycles. The molecule has 19 heavy (non-hydrogen) atoms. The lowest BCUT2D eigenvalue weighted by Crippen LogP contribution is -2.17. The molecule has 0 spiro atoms. The van der Waals surface area contributed by atoms with Gasteiger partial charge in [-0.3, -0.25) is 9.67 Å². The van der Waals surface area contributed by atoms with Crippen molar-refractivity contribution in [2.75, 3.05) is 19.0 Å². The quantitative estimate of drug-likeness (QED) is 0.888. The molecule has 0 radical (unpaired) electrons. The van der Waals surface area contributed by atoms with Crippen molar-refractivity contribution in [3.05, 3.63) is 42.0 Å². The maximum Gasteiger partial charge on any atom is 0.0571 e. The minimum Gasteiger partial charge on any atom is -0.369 e. The molecule has 0 aliphatic rings. The predicted octanol–water partition coefficient (Wildman–Crippen LogP) is 1.73. The van der Waals surface area contributed by atoms with Gasteiger partial charge < -0.3 is 10.2 Å². The van der Waals surface area contributed by atoms with Crippen LogP contribution in [-0.2, 0) is 13.6 Å². The predicted molar refractivity (Wildman–Crippen MR) is 77.0 cm³/mol. The molecule has 0 saturated heterocycles. The molecule has 2 heterocycles. The highest BCUT2D eigenvalue weighted by atomic mass is 15.2. The number of aryl methyl sites for hydroxylation is 1. The summed E-state index contributed by atoms with van der Waals surface area (Å²) in [5.74, 6) is 0. The number of nitrogens with one attached hydrogen (secondary N) is 1. The Hall–Kier alpha value is -1.88. The summed E-state index contributed by atoms with van der Waals surface area (Å²) >= 11 is 0. The third-order valence-electron chi connectivity index (χ3n) is 3.27. The molecule has 102 valence electrons. The average molecular weight is 259 g/mol. The van der Waals surface area contributed by atoms with Gasteiger partial charge in [-0.1, -0.05) is 0 Å². The van der Waals surface area contributed by atoms with E-state index >= 15 is 0 Å². The monoisotopic (exact) mass is 259 g/mol. The van der Waals surface area contributed by atoms with Gasteiger partial charge in [0.15, 0.2) is 0 Å². The van der Waals surface area contributed by atoms with Crippen molar-refractivity contribution in [3.63, 3.8) is 0 Å². The standard InChI is InChI=1S/C14H21N5/c1-11(15-2)14-6-5-13(8-16-14)18(3)9-12-7-17-19(4)10-12/h5-8,10-11,15H,9H2,1-4H3. The van der Waals surface area contributed by atoms with Gasteiger partial charge in [0, 0.05) is 38.4 Å². The fourth-order valence-electron chi connectivity index (χ4n) is 1.95. The molecule has 2 rings (SSSR count). The second-order valence-electron chi connectivity index (χ2n) is 4.83. The molecule has 0 bridgehead atoms. The third-order valence-corrected chi connectivity index (χ3v) is 3.27. The van der Waals surface area contributed by atoms with Gasteiger partial charge in [-0.15, -0.1) is 0 Å². The van der Waals surface area contributed by atoms with Crippen LogP contribution in [0.2, 0.25) is 0 Å². The summed E-state index contributed by atoms with van der Waals surface area (Å²) in [7, 11) is 5.93. The minimum absolute atomic E-state index is 0.276. The van der Waals surface area contributed by atoms with Crippen molar-refractivity contribution < 1.29 is 0 Å². The normalized spacial score (nSPS) is 12.4. The Morgan fingerprint density at radius 2 is 2.16 bits per heavy atom. The van der Waals surface area contributed by atoms with E-state index in [2.05, 4.69) is 46.4 Å². The van der Waals surface area contributed by atoms with Crippen LogP contribution in [-0.4, -0.2) is 28.9 Å². The number of hydrogen-bond acceptors (Lipinski definition) is 4. The third kappa shape index (κ3) is 3.32. The fourth-order valence-corrected chi connectivity index (χ4v) is 1.95. The van der Waals surface area contributed by atoms with E-state index in [1.165, 1.54) is 5.56 Å². The van der Waals surface area contributed by atoms with Gasteiger partial charge in [0.2, 0.25) is 0 Å². The molecule has 0 aromatic carbocycles. The van der Waals surface area contributed by atoms with E-state index in [-0.39, 0.29) is 6.04 Å². The molecule has 2 aromatic rings. The summed E-state index contributed by atoms with van der Waals surface area (Å²) in [6, 6.07) is 4.45. The first-order valence-electron chi connectivity index (χ1n) is 6.42. The van der Waals surface area contributed by atoms with E-state index in [9.17, 15) is 0 Å². The molecular weight excluding hydrogens is 238 g/mol. The summed E-state index contributed by atoms with van der Waals surface area (Å²) in [4.78, 5) is 6.66. The Morgan fingerprint density at radius 3 is 2.68 bits per heavy atom. The Bertz CT molecular complexity index is 517. The van der Waals surface area contributed by atoms with E-state index in [0.29, 0.717) is 0 Å². The number of nitrogens with zero attached hydrogens (tertiary/aromatic N) is 4. The van der Waals surface area contributed by atoms with E-state index in [1.54, 1.807) is 0 Å². The van der Waals surface area contributed by atoms with Gasteiger partial charge in [-0.05, 0) is 26.1 Å². The Kier molecular flexibility index (Phi) is 4.16. The van der Waals surface area contributed by atoms with Crippen LogP contribution in [0.15, 0.2) is 30.7 Å². The topological polar surface area (TPSA) is 46.0 Å². The van der Waals surface area contributed by atoms with Crippen molar-refractivity contribution in [1.82, 2.24) is 20.1 Å². The zero-order valence-electron chi connectivity index (χ0n) is 12.0. The van der Waals surface area contributed by atoms with Gasteiger partial charge in [-0.2, -0.15) is 5.10 Å². The second kappa shape index (κ2) is 5.84. The molecule has 0 fully saturated rings. The number of hydrogen-bond donors (Lipinski definition) is 1. The molecule has 0 aliphatic heterocycles. The lowest BCUT2D eigenvalue weighted by molar-refractivity contribution is 0.632. The van der Waals surface area contributed by atoms with Crippen LogP contribution in [0.1, 0.15) is 24.2 Å². The summed E-state index contributed by atoms with van der Waals surface area (Å²) in [5, 5.41) is 7.36. The van der Waals surface area contributed by atoms with Crippen molar-refractivity contribution in [2.24, 2.45) is 7.05 Å². The lowest BCUT2D eigenvalue weighted by Gasteiger charge is -2.19. The highest BCUT2D eigenvalue weighted by molar-refractivity contribution is 5.44. The number of pyridine rings is 1. The van der Waals surface area contributed by atoms with Crippen LogP contribution in [0.3, 0.4) is 0 Å². The largest absolute Gasteiger partial charge is 0.369 e. The SMILES string of the molecule is CNC(C)c1ccc(N(C)Cc2cnn(C)c2)cn1. The first-order valence-corrected chi connectivity index (χ1v) is 6.42. The van der Waals surface area contributed by atoms with Gasteiger partial charge in [0.05, 0.1) is 23.8 Å². The zero-order valence-corrected chi connectivity index (χ0v) is 12.0. The first kappa shape index (κ1) is 13.5. The lowest BCUT2D eigenvalue weighted by atomic mass is 10.2. The molecule has 0 amide bonds. The summed E-state index contributed by atoms with van der Waals surface area (Å²) in [5.41, 5.74) is 3.36. The molecular formula is C14H21N5. The number of rotatable bonds is 5. The van der Waals surface area contributed by atoms with Crippen LogP contribution in [0.25, 0.3) is 0 Å². The minimum atomic E-state index is 0.276. The molecule has 1 atom stereocenters. The smallest absolute Gasteiger partial charge is 0.0571 e. The molecule has 0 aliphatic carbocycles. The highest BCUT2D eigenvalue weighted by Gasteiger charge is 2.07. The Morgan fingerprint density at radius 1 is 1.37 bits per heavy atom. The van der Waals surface area contributed by atoms with Gasteiger partial charge >= 0.3 is 0 Å². The fraction of sp³-hybridized carbons (Fsp3) is 0.429. The van der Waals surface area contributed by atoms with Gasteiger partial charge in [0.25, 0.3) is 0 Å². The van der Waals surface area contributed by atoms with Crippen LogP contribution < -0.4 is 10.2 Å². The van der Waals surface area contributed by atoms with Crippen LogP contribution in [0.4, 0.5) is 5.69 Å². The average Bonchev–Trinajstić information content (AvgIpc) is 2.83. The summed E-state index contributed by atoms with van der Waals surface area (Å²) < 4.78 is 1.82. The van der Waals surface area contributed by atoms with Crippen LogP contribution in [0, 0.1) is 0 Å². The van der Waals surface area contributed by atoms with Crippen molar-refractivity contribution in [3.8, 4) is 0 Å². The maximum atomic E-state index is 4.49. The summed E-state index contributed by atoms with van der Waals surface area (Å²) in [6.07, 6.45) is 5.84. The van der Waals surface area contributed by atoms with Crippen LogP contribution >= 0.6 is 0 Å².